The first-order valence-electron chi connectivity index (χ1n) is 10.7. The van der Waals surface area contributed by atoms with Crippen LogP contribution in [0, 0.1) is 0 Å². The molecule has 31 heavy (non-hydrogen) atoms. The molecule has 13 atom stereocenters. The lowest BCUT2D eigenvalue weighted by Crippen LogP contribution is -2.68. The Morgan fingerprint density at radius 2 is 1.39 bits per heavy atom. The van der Waals surface area contributed by atoms with Crippen LogP contribution in [-0.4, -0.2) is 113 Å². The summed E-state index contributed by atoms with van der Waals surface area (Å²) in [5.41, 5.74) is 30.0. The second-order valence-corrected chi connectivity index (χ2v) is 8.64. The van der Waals surface area contributed by atoms with Crippen LogP contribution in [0.2, 0.25) is 0 Å². The Morgan fingerprint density at radius 3 is 1.97 bits per heavy atom. The van der Waals surface area contributed by atoms with Gasteiger partial charge in [-0.1, -0.05) is 0 Å². The molecule has 3 fully saturated rings. The fourth-order valence-corrected chi connectivity index (χ4v) is 4.36. The number of rotatable bonds is 6. The smallest absolute Gasteiger partial charge is 0.186 e. The van der Waals surface area contributed by atoms with Gasteiger partial charge < -0.3 is 68.0 Å². The zero-order valence-electron chi connectivity index (χ0n) is 17.3. The molecule has 0 radical (unpaired) electrons. The Labute approximate surface area is 180 Å². The van der Waals surface area contributed by atoms with Crippen LogP contribution in [-0.2, 0) is 18.9 Å². The van der Waals surface area contributed by atoms with Crippen molar-refractivity contribution in [2.24, 2.45) is 28.7 Å². The molecule has 0 amide bonds. The minimum absolute atomic E-state index is 0.204. The van der Waals surface area contributed by atoms with Gasteiger partial charge in [0.2, 0.25) is 0 Å². The summed E-state index contributed by atoms with van der Waals surface area (Å²) in [5, 5.41) is 40.7. The molecular weight excluding hydrogens is 414 g/mol. The quantitative estimate of drug-likeness (QED) is 0.183. The summed E-state index contributed by atoms with van der Waals surface area (Å²) in [5.74, 6) is 0. The average molecular weight is 452 g/mol. The lowest BCUT2D eigenvalue weighted by Gasteiger charge is -2.47. The van der Waals surface area contributed by atoms with Crippen molar-refractivity contribution in [1.82, 2.24) is 0 Å². The summed E-state index contributed by atoms with van der Waals surface area (Å²) in [6.07, 6.45) is -7.72. The van der Waals surface area contributed by atoms with E-state index in [0.717, 1.165) is 0 Å². The largest absolute Gasteiger partial charge is 0.394 e. The molecule has 1 aliphatic carbocycles. The Balaban J connectivity index is 1.69. The summed E-state index contributed by atoms with van der Waals surface area (Å²) in [4.78, 5) is 0. The van der Waals surface area contributed by atoms with Crippen LogP contribution in [0.4, 0.5) is 0 Å². The Bertz CT molecular complexity index is 577. The molecule has 0 aromatic carbocycles. The molecular formula is C18H37N5O8. The van der Waals surface area contributed by atoms with E-state index in [2.05, 4.69) is 0 Å². The molecule has 13 nitrogen and oxygen atoms in total. The third kappa shape index (κ3) is 5.35. The van der Waals surface area contributed by atoms with Crippen molar-refractivity contribution < 1.29 is 39.4 Å². The van der Waals surface area contributed by atoms with Gasteiger partial charge in [-0.2, -0.15) is 0 Å². The van der Waals surface area contributed by atoms with Crippen molar-refractivity contribution in [1.29, 1.82) is 0 Å². The van der Waals surface area contributed by atoms with Gasteiger partial charge in [0.25, 0.3) is 0 Å². The highest BCUT2D eigenvalue weighted by atomic mass is 16.7. The lowest BCUT2D eigenvalue weighted by molar-refractivity contribution is -0.313. The molecule has 2 saturated heterocycles. The third-order valence-corrected chi connectivity index (χ3v) is 6.34. The Hall–Kier alpha value is -0.520. The number of hydrogen-bond acceptors (Lipinski definition) is 13. The summed E-state index contributed by atoms with van der Waals surface area (Å²) in [7, 11) is 0. The van der Waals surface area contributed by atoms with E-state index < -0.39 is 80.0 Å². The molecule has 1 unspecified atom stereocenters. The van der Waals surface area contributed by atoms with E-state index in [1.807, 2.05) is 0 Å². The molecule has 182 valence electrons. The average Bonchev–Trinajstić information content (AvgIpc) is 2.75. The molecule has 0 aromatic heterocycles. The van der Waals surface area contributed by atoms with E-state index in [9.17, 15) is 20.4 Å². The summed E-state index contributed by atoms with van der Waals surface area (Å²) in [6.45, 7) is -0.214. The van der Waals surface area contributed by atoms with Gasteiger partial charge in [0.15, 0.2) is 12.6 Å². The number of ether oxygens (including phenoxy) is 4. The molecule has 0 spiro atoms. The molecule has 2 aliphatic heterocycles. The SMILES string of the molecule is NC[C@@H]1CC[C@@H](N)[C@@H](OC2[C@@H](N)C[C@@H](N)[C@H](O[C@H]3O[C@H](CO)[C@@H](O)[C@H](N)[C@H]3O)[C@H]2O)O1. The highest BCUT2D eigenvalue weighted by molar-refractivity contribution is 5.00. The van der Waals surface area contributed by atoms with Gasteiger partial charge in [-0.05, 0) is 19.3 Å². The van der Waals surface area contributed by atoms with Crippen LogP contribution in [0.5, 0.6) is 0 Å². The van der Waals surface area contributed by atoms with Crippen LogP contribution in [0.25, 0.3) is 0 Å². The van der Waals surface area contributed by atoms with E-state index in [4.69, 9.17) is 47.6 Å². The summed E-state index contributed by atoms with van der Waals surface area (Å²) < 4.78 is 23.0. The zero-order valence-corrected chi connectivity index (χ0v) is 17.3. The summed E-state index contributed by atoms with van der Waals surface area (Å²) in [6, 6.07) is -2.85. The maximum Gasteiger partial charge on any atom is 0.186 e. The van der Waals surface area contributed by atoms with Gasteiger partial charge in [0, 0.05) is 18.6 Å². The van der Waals surface area contributed by atoms with Gasteiger partial charge in [-0.15, -0.1) is 0 Å². The minimum Gasteiger partial charge on any atom is -0.394 e. The van der Waals surface area contributed by atoms with E-state index in [1.165, 1.54) is 0 Å². The van der Waals surface area contributed by atoms with Crippen molar-refractivity contribution in [3.63, 3.8) is 0 Å². The Morgan fingerprint density at radius 1 is 0.774 bits per heavy atom. The highest BCUT2D eigenvalue weighted by Gasteiger charge is 2.49. The number of aliphatic hydroxyl groups is 4. The first-order valence-corrected chi connectivity index (χ1v) is 10.7. The number of hydrogen-bond donors (Lipinski definition) is 9. The fraction of sp³-hybridized carbons (Fsp3) is 1.00. The fourth-order valence-electron chi connectivity index (χ4n) is 4.36. The first kappa shape index (κ1) is 25.1. The van der Waals surface area contributed by atoms with Gasteiger partial charge in [0.05, 0.1) is 24.8 Å². The third-order valence-electron chi connectivity index (χ3n) is 6.34. The minimum atomic E-state index is -1.41. The van der Waals surface area contributed by atoms with Crippen LogP contribution >= 0.6 is 0 Å². The molecule has 0 aromatic rings. The lowest BCUT2D eigenvalue weighted by atomic mass is 9.84. The predicted molar refractivity (Wildman–Crippen MR) is 107 cm³/mol. The van der Waals surface area contributed by atoms with Crippen molar-refractivity contribution >= 4 is 0 Å². The van der Waals surface area contributed by atoms with Crippen LogP contribution in [0.1, 0.15) is 19.3 Å². The van der Waals surface area contributed by atoms with Crippen molar-refractivity contribution in [2.75, 3.05) is 13.2 Å². The first-order chi connectivity index (χ1) is 14.7. The van der Waals surface area contributed by atoms with Crippen molar-refractivity contribution in [3.8, 4) is 0 Å². The maximum absolute atomic E-state index is 11.0. The summed E-state index contributed by atoms with van der Waals surface area (Å²) >= 11 is 0. The van der Waals surface area contributed by atoms with Crippen LogP contribution < -0.4 is 28.7 Å². The van der Waals surface area contributed by atoms with Crippen LogP contribution in [0.3, 0.4) is 0 Å². The molecule has 3 rings (SSSR count). The van der Waals surface area contributed by atoms with Gasteiger partial charge in [-0.3, -0.25) is 0 Å². The van der Waals surface area contributed by atoms with E-state index in [0.29, 0.717) is 19.4 Å². The molecule has 1 saturated carbocycles. The predicted octanol–water partition coefficient (Wildman–Crippen LogP) is -5.27. The van der Waals surface area contributed by atoms with Gasteiger partial charge in [-0.25, -0.2) is 0 Å². The highest BCUT2D eigenvalue weighted by Crippen LogP contribution is 2.30. The topological polar surface area (TPSA) is 248 Å². The van der Waals surface area contributed by atoms with E-state index in [-0.39, 0.29) is 12.5 Å². The number of nitrogens with two attached hydrogens (primary N) is 5. The molecule has 14 N–H and O–H groups in total. The normalized spacial score (nSPS) is 51.6. The van der Waals surface area contributed by atoms with Gasteiger partial charge >= 0.3 is 0 Å². The zero-order chi connectivity index (χ0) is 22.9. The molecule has 13 heteroatoms. The number of aliphatic hydroxyl groups excluding tert-OH is 4. The van der Waals surface area contributed by atoms with Crippen LogP contribution in [0.15, 0.2) is 0 Å². The second kappa shape index (κ2) is 10.6. The second-order valence-electron chi connectivity index (χ2n) is 8.64. The van der Waals surface area contributed by atoms with E-state index in [1.54, 1.807) is 0 Å². The van der Waals surface area contributed by atoms with Gasteiger partial charge in [0.1, 0.15) is 36.6 Å². The molecule has 0 bridgehead atoms. The molecule has 3 aliphatic rings. The van der Waals surface area contributed by atoms with Crippen molar-refractivity contribution in [3.05, 3.63) is 0 Å². The molecule has 2 heterocycles. The maximum atomic E-state index is 11.0. The Kier molecular flexibility index (Phi) is 8.59. The van der Waals surface area contributed by atoms with E-state index >= 15 is 0 Å². The van der Waals surface area contributed by atoms with Crippen molar-refractivity contribution in [2.45, 2.75) is 98.7 Å². The standard InChI is InChI=1S/C18H37N5O8/c19-4-6-1-2-7(20)17(28-6)30-15-8(21)3-9(22)16(14(15)27)31-18-13(26)11(23)12(25)10(5-24)29-18/h6-18,24-27H,1-5,19-23H2/t6-,7+,8-,9+,10+,11-,12+,13+,14-,15?,16-,17+,18+/m0/s1. The monoisotopic (exact) mass is 451 g/mol.